The van der Waals surface area contributed by atoms with Crippen molar-refractivity contribution in [2.24, 2.45) is 0 Å². The van der Waals surface area contributed by atoms with Crippen molar-refractivity contribution in [3.05, 3.63) is 11.4 Å². The van der Waals surface area contributed by atoms with E-state index in [4.69, 9.17) is 0 Å². The van der Waals surface area contributed by atoms with E-state index >= 15 is 0 Å². The van der Waals surface area contributed by atoms with Gasteiger partial charge in [0.1, 0.15) is 17.5 Å². The van der Waals surface area contributed by atoms with Crippen molar-refractivity contribution in [1.29, 1.82) is 0 Å². The number of rotatable bonds is 8. The van der Waals surface area contributed by atoms with E-state index < -0.39 is 0 Å². The number of hydrogen-bond donors (Lipinski definition) is 2. The van der Waals surface area contributed by atoms with Crippen LogP contribution in [0, 0.1) is 6.92 Å². The largest absolute Gasteiger partial charge is 0.370 e. The van der Waals surface area contributed by atoms with Crippen molar-refractivity contribution >= 4 is 23.4 Å². The zero-order chi connectivity index (χ0) is 14.3. The molecule has 1 unspecified atom stereocenters. The second kappa shape index (κ2) is 8.25. The molecule has 0 aliphatic heterocycles. The summed E-state index contributed by atoms with van der Waals surface area (Å²) in [6.07, 6.45) is 4.12. The summed E-state index contributed by atoms with van der Waals surface area (Å²) in [5.41, 5.74) is 1.11. The van der Waals surface area contributed by atoms with Gasteiger partial charge >= 0.3 is 0 Å². The van der Waals surface area contributed by atoms with E-state index in [0.29, 0.717) is 5.25 Å². The molecule has 0 spiro atoms. The number of nitrogens with one attached hydrogen (secondary N) is 2. The van der Waals surface area contributed by atoms with E-state index in [1.54, 1.807) is 0 Å². The van der Waals surface area contributed by atoms with E-state index in [1.165, 1.54) is 0 Å². The summed E-state index contributed by atoms with van der Waals surface area (Å²) in [7, 11) is 0. The maximum absolute atomic E-state index is 4.64. The lowest BCUT2D eigenvalue weighted by Gasteiger charge is -2.16. The molecule has 0 saturated heterocycles. The van der Waals surface area contributed by atoms with E-state index in [0.717, 1.165) is 49.0 Å². The Balaban J connectivity index is 2.92. The van der Waals surface area contributed by atoms with Gasteiger partial charge in [0.05, 0.1) is 0 Å². The third-order valence-corrected chi connectivity index (χ3v) is 3.94. The third kappa shape index (κ3) is 4.90. The highest BCUT2D eigenvalue weighted by Gasteiger charge is 2.10. The first kappa shape index (κ1) is 16.1. The quantitative estimate of drug-likeness (QED) is 0.766. The highest BCUT2D eigenvalue weighted by atomic mass is 32.2. The Morgan fingerprint density at radius 2 is 1.79 bits per heavy atom. The Hall–Kier alpha value is -0.970. The average molecular weight is 282 g/mol. The maximum atomic E-state index is 4.64. The molecular weight excluding hydrogens is 256 g/mol. The van der Waals surface area contributed by atoms with Crippen molar-refractivity contribution in [2.75, 3.05) is 30.0 Å². The first-order chi connectivity index (χ1) is 9.12. The third-order valence-electron chi connectivity index (χ3n) is 2.97. The number of aryl methyl sites for hydroxylation is 1. The lowest BCUT2D eigenvalue weighted by molar-refractivity contribution is 0.828. The van der Waals surface area contributed by atoms with Crippen molar-refractivity contribution in [1.82, 2.24) is 9.97 Å². The fourth-order valence-corrected chi connectivity index (χ4v) is 1.98. The Labute approximate surface area is 121 Å². The second-order valence-corrected chi connectivity index (χ2v) is 5.95. The minimum absolute atomic E-state index is 0.576. The molecule has 19 heavy (non-hydrogen) atoms. The van der Waals surface area contributed by atoms with Crippen molar-refractivity contribution < 1.29 is 0 Å². The summed E-state index contributed by atoms with van der Waals surface area (Å²) in [6, 6.07) is 0. The number of anilines is 2. The summed E-state index contributed by atoms with van der Waals surface area (Å²) in [5.74, 6) is 2.85. The monoisotopic (exact) mass is 282 g/mol. The van der Waals surface area contributed by atoms with Gasteiger partial charge in [-0.15, -0.1) is 0 Å². The van der Waals surface area contributed by atoms with Crippen LogP contribution in [0.4, 0.5) is 11.6 Å². The molecule has 1 rings (SSSR count). The SMILES string of the molecule is CCCc1nc(NCC)c(C)c(NCC(C)SC)n1. The van der Waals surface area contributed by atoms with Crippen molar-refractivity contribution in [2.45, 2.75) is 45.8 Å². The van der Waals surface area contributed by atoms with E-state index in [-0.39, 0.29) is 0 Å². The molecule has 0 aromatic carbocycles. The first-order valence-corrected chi connectivity index (χ1v) is 8.29. The summed E-state index contributed by atoms with van der Waals surface area (Å²) < 4.78 is 0. The fraction of sp³-hybridized carbons (Fsp3) is 0.714. The predicted molar refractivity (Wildman–Crippen MR) is 86.4 cm³/mol. The van der Waals surface area contributed by atoms with Gasteiger partial charge in [0.25, 0.3) is 0 Å². The summed E-state index contributed by atoms with van der Waals surface area (Å²) in [4.78, 5) is 9.23. The van der Waals surface area contributed by atoms with E-state index in [1.807, 2.05) is 11.8 Å². The molecule has 0 amide bonds. The van der Waals surface area contributed by atoms with Crippen LogP contribution in [-0.2, 0) is 6.42 Å². The second-order valence-electron chi connectivity index (χ2n) is 4.67. The molecule has 1 aromatic rings. The zero-order valence-electron chi connectivity index (χ0n) is 12.7. The molecule has 0 aliphatic carbocycles. The Morgan fingerprint density at radius 1 is 1.16 bits per heavy atom. The molecule has 0 fully saturated rings. The van der Waals surface area contributed by atoms with Crippen LogP contribution in [0.15, 0.2) is 0 Å². The van der Waals surface area contributed by atoms with Crippen LogP contribution < -0.4 is 10.6 Å². The normalized spacial score (nSPS) is 12.3. The first-order valence-electron chi connectivity index (χ1n) is 7.00. The predicted octanol–water partition coefficient (Wildman–Crippen LogP) is 3.33. The highest BCUT2D eigenvalue weighted by molar-refractivity contribution is 7.99. The van der Waals surface area contributed by atoms with Gasteiger partial charge in [-0.2, -0.15) is 11.8 Å². The van der Waals surface area contributed by atoms with Crippen LogP contribution in [0.25, 0.3) is 0 Å². The lowest BCUT2D eigenvalue weighted by Crippen LogP contribution is -2.16. The zero-order valence-corrected chi connectivity index (χ0v) is 13.5. The van der Waals surface area contributed by atoms with Gasteiger partial charge in [-0.05, 0) is 26.5 Å². The summed E-state index contributed by atoms with van der Waals surface area (Å²) in [6.45, 7) is 10.3. The maximum Gasteiger partial charge on any atom is 0.134 e. The van der Waals surface area contributed by atoms with Gasteiger partial charge in [0.15, 0.2) is 0 Å². The van der Waals surface area contributed by atoms with E-state index in [9.17, 15) is 0 Å². The molecule has 1 atom stereocenters. The lowest BCUT2D eigenvalue weighted by atomic mass is 10.2. The summed E-state index contributed by atoms with van der Waals surface area (Å²) >= 11 is 1.86. The van der Waals surface area contributed by atoms with Crippen LogP contribution in [-0.4, -0.2) is 34.6 Å². The van der Waals surface area contributed by atoms with Gasteiger partial charge in [0, 0.05) is 30.3 Å². The van der Waals surface area contributed by atoms with Gasteiger partial charge in [0.2, 0.25) is 0 Å². The van der Waals surface area contributed by atoms with E-state index in [2.05, 4.69) is 54.6 Å². The van der Waals surface area contributed by atoms with Crippen LogP contribution >= 0.6 is 11.8 Å². The fourth-order valence-electron chi connectivity index (χ4n) is 1.73. The molecular formula is C14H26N4S. The molecule has 2 N–H and O–H groups in total. The molecule has 108 valence electrons. The highest BCUT2D eigenvalue weighted by Crippen LogP contribution is 2.21. The number of hydrogen-bond acceptors (Lipinski definition) is 5. The molecule has 4 nitrogen and oxygen atoms in total. The Bertz CT molecular complexity index is 395. The average Bonchev–Trinajstić information content (AvgIpc) is 2.40. The van der Waals surface area contributed by atoms with Crippen molar-refractivity contribution in [3.63, 3.8) is 0 Å². The van der Waals surface area contributed by atoms with Gasteiger partial charge in [-0.25, -0.2) is 9.97 Å². The number of nitrogens with zero attached hydrogens (tertiary/aromatic N) is 2. The minimum Gasteiger partial charge on any atom is -0.370 e. The topological polar surface area (TPSA) is 49.8 Å². The molecule has 0 aliphatic rings. The molecule has 5 heteroatoms. The molecule has 0 bridgehead atoms. The van der Waals surface area contributed by atoms with Crippen LogP contribution in [0.5, 0.6) is 0 Å². The molecule has 0 saturated carbocycles. The van der Waals surface area contributed by atoms with Gasteiger partial charge < -0.3 is 10.6 Å². The minimum atomic E-state index is 0.576. The Morgan fingerprint density at radius 3 is 2.32 bits per heavy atom. The van der Waals surface area contributed by atoms with Gasteiger partial charge in [-0.1, -0.05) is 13.8 Å². The summed E-state index contributed by atoms with van der Waals surface area (Å²) in [5, 5.41) is 7.35. The molecule has 1 heterocycles. The molecule has 0 radical (unpaired) electrons. The van der Waals surface area contributed by atoms with Gasteiger partial charge in [-0.3, -0.25) is 0 Å². The molecule has 1 aromatic heterocycles. The number of thioether (sulfide) groups is 1. The van der Waals surface area contributed by atoms with Crippen LogP contribution in [0.1, 0.15) is 38.6 Å². The van der Waals surface area contributed by atoms with Crippen LogP contribution in [0.3, 0.4) is 0 Å². The smallest absolute Gasteiger partial charge is 0.134 e. The standard InChI is InChI=1S/C14H26N4S/c1-6-8-12-17-13(15-7-2)11(4)14(18-12)16-9-10(3)19-5/h10H,6-9H2,1-5H3,(H2,15,16,17,18). The number of aromatic nitrogens is 2. The Kier molecular flexibility index (Phi) is 6.99. The van der Waals surface area contributed by atoms with Crippen molar-refractivity contribution in [3.8, 4) is 0 Å². The van der Waals surface area contributed by atoms with Crippen LogP contribution in [0.2, 0.25) is 0 Å².